The second kappa shape index (κ2) is 5.91. The zero-order valence-electron chi connectivity index (χ0n) is 13.5. The van der Waals surface area contributed by atoms with Crippen LogP contribution in [0.25, 0.3) is 21.3 Å². The molecule has 0 amide bonds. The Morgan fingerprint density at radius 3 is 2.70 bits per heavy atom. The van der Waals surface area contributed by atoms with Crippen LogP contribution < -0.4 is 10.2 Å². The van der Waals surface area contributed by atoms with Gasteiger partial charge in [-0.3, -0.25) is 0 Å². The highest BCUT2D eigenvalue weighted by Gasteiger charge is 2.19. The van der Waals surface area contributed by atoms with Crippen molar-refractivity contribution in [3.8, 4) is 11.1 Å². The lowest BCUT2D eigenvalue weighted by Gasteiger charge is -2.29. The molecule has 1 N–H and O–H groups in total. The number of thiophene rings is 1. The smallest absolute Gasteiger partial charge is 0.141 e. The average molecular weight is 324 g/mol. The Hall–Kier alpha value is -1.98. The molecular weight excluding hydrogens is 304 g/mol. The van der Waals surface area contributed by atoms with Crippen molar-refractivity contribution < 1.29 is 0 Å². The number of piperazine rings is 1. The molecule has 5 heteroatoms. The summed E-state index contributed by atoms with van der Waals surface area (Å²) >= 11 is 1.71. The van der Waals surface area contributed by atoms with Gasteiger partial charge in [-0.2, -0.15) is 0 Å². The van der Waals surface area contributed by atoms with Gasteiger partial charge in [0.1, 0.15) is 17.0 Å². The van der Waals surface area contributed by atoms with E-state index in [0.29, 0.717) is 0 Å². The van der Waals surface area contributed by atoms with Gasteiger partial charge in [0.05, 0.1) is 5.39 Å². The quantitative estimate of drug-likeness (QED) is 0.784. The molecule has 23 heavy (non-hydrogen) atoms. The van der Waals surface area contributed by atoms with Gasteiger partial charge in [0.25, 0.3) is 0 Å². The molecule has 3 aromatic rings. The number of anilines is 1. The highest BCUT2D eigenvalue weighted by molar-refractivity contribution is 7.17. The van der Waals surface area contributed by atoms with Crippen LogP contribution in [0.15, 0.2) is 29.9 Å². The highest BCUT2D eigenvalue weighted by atomic mass is 32.1. The number of nitrogens with zero attached hydrogens (tertiary/aromatic N) is 3. The summed E-state index contributed by atoms with van der Waals surface area (Å²) in [4.78, 5) is 12.6. The first-order chi connectivity index (χ1) is 11.2. The van der Waals surface area contributed by atoms with E-state index >= 15 is 0 Å². The number of aryl methyl sites for hydroxylation is 2. The molecule has 0 unspecified atom stereocenters. The van der Waals surface area contributed by atoms with Crippen molar-refractivity contribution in [3.05, 3.63) is 41.0 Å². The molecular formula is C18H20N4S. The van der Waals surface area contributed by atoms with Crippen molar-refractivity contribution >= 4 is 27.4 Å². The first kappa shape index (κ1) is 14.6. The van der Waals surface area contributed by atoms with Crippen LogP contribution in [0.4, 0.5) is 5.82 Å². The maximum Gasteiger partial charge on any atom is 0.141 e. The molecule has 2 aromatic heterocycles. The fourth-order valence-electron chi connectivity index (χ4n) is 3.29. The molecule has 0 saturated carbocycles. The van der Waals surface area contributed by atoms with Crippen molar-refractivity contribution in [3.63, 3.8) is 0 Å². The first-order valence-electron chi connectivity index (χ1n) is 7.99. The van der Waals surface area contributed by atoms with Crippen LogP contribution in [0, 0.1) is 13.8 Å². The maximum absolute atomic E-state index is 4.63. The van der Waals surface area contributed by atoms with Crippen molar-refractivity contribution in [1.82, 2.24) is 15.3 Å². The van der Waals surface area contributed by atoms with E-state index in [2.05, 4.69) is 57.6 Å². The van der Waals surface area contributed by atoms with Crippen LogP contribution in [0.2, 0.25) is 0 Å². The van der Waals surface area contributed by atoms with E-state index in [9.17, 15) is 0 Å². The summed E-state index contributed by atoms with van der Waals surface area (Å²) in [6.07, 6.45) is 1.70. The number of rotatable bonds is 2. The number of benzene rings is 1. The van der Waals surface area contributed by atoms with Gasteiger partial charge in [-0.1, -0.05) is 23.8 Å². The van der Waals surface area contributed by atoms with E-state index in [1.54, 1.807) is 17.7 Å². The van der Waals surface area contributed by atoms with E-state index in [0.717, 1.165) is 36.8 Å². The van der Waals surface area contributed by atoms with Crippen molar-refractivity contribution in [2.75, 3.05) is 31.1 Å². The number of fused-ring (bicyclic) bond motifs is 1. The Bertz CT molecular complexity index is 849. The predicted molar refractivity (Wildman–Crippen MR) is 97.4 cm³/mol. The number of aromatic nitrogens is 2. The van der Waals surface area contributed by atoms with Gasteiger partial charge in [-0.15, -0.1) is 11.3 Å². The zero-order chi connectivity index (χ0) is 15.8. The lowest BCUT2D eigenvalue weighted by Crippen LogP contribution is -2.44. The van der Waals surface area contributed by atoms with Gasteiger partial charge in [0.15, 0.2) is 0 Å². The van der Waals surface area contributed by atoms with Gasteiger partial charge >= 0.3 is 0 Å². The third kappa shape index (κ3) is 2.60. The lowest BCUT2D eigenvalue weighted by atomic mass is 9.99. The summed E-state index contributed by atoms with van der Waals surface area (Å²) in [7, 11) is 0. The molecule has 118 valence electrons. The normalized spacial score (nSPS) is 15.3. The molecule has 0 atom stereocenters. The number of nitrogens with one attached hydrogen (secondary N) is 1. The fourth-order valence-corrected chi connectivity index (χ4v) is 4.19. The van der Waals surface area contributed by atoms with E-state index < -0.39 is 0 Å². The summed E-state index contributed by atoms with van der Waals surface area (Å²) < 4.78 is 0. The van der Waals surface area contributed by atoms with Gasteiger partial charge < -0.3 is 10.2 Å². The Kier molecular flexibility index (Phi) is 3.75. The minimum atomic E-state index is 0.994. The van der Waals surface area contributed by atoms with Crippen LogP contribution in [0.1, 0.15) is 11.1 Å². The molecule has 1 aromatic carbocycles. The van der Waals surface area contributed by atoms with Crippen LogP contribution >= 0.6 is 11.3 Å². The zero-order valence-corrected chi connectivity index (χ0v) is 14.3. The van der Waals surface area contributed by atoms with E-state index in [1.807, 2.05) is 0 Å². The highest BCUT2D eigenvalue weighted by Crippen LogP contribution is 2.39. The topological polar surface area (TPSA) is 41.1 Å². The van der Waals surface area contributed by atoms with Crippen molar-refractivity contribution in [2.45, 2.75) is 13.8 Å². The number of hydrogen-bond acceptors (Lipinski definition) is 5. The average Bonchev–Trinajstić information content (AvgIpc) is 3.00. The lowest BCUT2D eigenvalue weighted by molar-refractivity contribution is 0.586. The molecule has 0 bridgehead atoms. The molecule has 1 fully saturated rings. The van der Waals surface area contributed by atoms with Crippen LogP contribution in [-0.2, 0) is 0 Å². The third-order valence-corrected chi connectivity index (χ3v) is 5.33. The van der Waals surface area contributed by atoms with Gasteiger partial charge in [0.2, 0.25) is 0 Å². The largest absolute Gasteiger partial charge is 0.353 e. The summed E-state index contributed by atoms with van der Waals surface area (Å²) in [5.74, 6) is 1.08. The first-order valence-corrected chi connectivity index (χ1v) is 8.87. The summed E-state index contributed by atoms with van der Waals surface area (Å²) in [5, 5.41) is 6.83. The summed E-state index contributed by atoms with van der Waals surface area (Å²) in [5.41, 5.74) is 5.15. The molecule has 1 saturated heterocycles. The van der Waals surface area contributed by atoms with Crippen molar-refractivity contribution in [2.24, 2.45) is 0 Å². The maximum atomic E-state index is 4.63. The monoisotopic (exact) mass is 324 g/mol. The molecule has 1 aliphatic heterocycles. The third-order valence-electron chi connectivity index (χ3n) is 4.44. The molecule has 4 nitrogen and oxygen atoms in total. The molecule has 0 spiro atoms. The van der Waals surface area contributed by atoms with E-state index in [4.69, 9.17) is 0 Å². The van der Waals surface area contributed by atoms with Crippen LogP contribution in [0.3, 0.4) is 0 Å². The van der Waals surface area contributed by atoms with Gasteiger partial charge in [-0.25, -0.2) is 9.97 Å². The molecule has 0 aliphatic carbocycles. The van der Waals surface area contributed by atoms with E-state index in [1.165, 1.54) is 27.6 Å². The second-order valence-corrected chi connectivity index (χ2v) is 6.94. The molecule has 1 aliphatic rings. The summed E-state index contributed by atoms with van der Waals surface area (Å²) in [6, 6.07) is 6.65. The fraction of sp³-hybridized carbons (Fsp3) is 0.333. The molecule has 3 heterocycles. The molecule has 0 radical (unpaired) electrons. The van der Waals surface area contributed by atoms with Gasteiger partial charge in [0, 0.05) is 37.1 Å². The van der Waals surface area contributed by atoms with E-state index in [-0.39, 0.29) is 0 Å². The Labute approximate surface area is 140 Å². The Morgan fingerprint density at radius 2 is 1.91 bits per heavy atom. The minimum Gasteiger partial charge on any atom is -0.353 e. The predicted octanol–water partition coefficient (Wildman–Crippen LogP) is 3.38. The van der Waals surface area contributed by atoms with Gasteiger partial charge in [-0.05, 0) is 25.0 Å². The van der Waals surface area contributed by atoms with Crippen LogP contribution in [-0.4, -0.2) is 36.1 Å². The number of hydrogen-bond donors (Lipinski definition) is 1. The summed E-state index contributed by atoms with van der Waals surface area (Å²) in [6.45, 7) is 8.32. The molecule has 4 rings (SSSR count). The Morgan fingerprint density at radius 1 is 1.09 bits per heavy atom. The SMILES string of the molecule is Cc1ccc(-c2csc3ncnc(N4CCNCC4)c23)c(C)c1. The minimum absolute atomic E-state index is 0.994. The van der Waals surface area contributed by atoms with Crippen molar-refractivity contribution in [1.29, 1.82) is 0 Å². The second-order valence-electron chi connectivity index (χ2n) is 6.08. The standard InChI is InChI=1S/C18H20N4S/c1-12-3-4-14(13(2)9-12)15-10-23-18-16(15)17(20-11-21-18)22-7-5-19-6-8-22/h3-4,9-11,19H,5-8H2,1-2H3. The Balaban J connectivity index is 1.90. The van der Waals surface area contributed by atoms with Crippen LogP contribution in [0.5, 0.6) is 0 Å².